The minimum Gasteiger partial charge on any atom is -0.444 e. The number of rotatable bonds is 1. The maximum Gasteiger partial charge on any atom is 0.412 e. The van der Waals surface area contributed by atoms with Gasteiger partial charge in [-0.25, -0.2) is 4.79 Å². The molecule has 1 aromatic carbocycles. The second-order valence-electron chi connectivity index (χ2n) is 5.97. The van der Waals surface area contributed by atoms with E-state index < -0.39 is 11.7 Å². The molecule has 4 heteroatoms. The Kier molecular flexibility index (Phi) is 3.89. The van der Waals surface area contributed by atoms with Crippen molar-refractivity contribution >= 4 is 17.5 Å². The van der Waals surface area contributed by atoms with Crippen molar-refractivity contribution in [3.8, 4) is 11.8 Å². The van der Waals surface area contributed by atoms with Crippen molar-refractivity contribution in [2.24, 2.45) is 5.92 Å². The fourth-order valence-electron chi connectivity index (χ4n) is 1.58. The Morgan fingerprint density at radius 3 is 2.65 bits per heavy atom. The van der Waals surface area contributed by atoms with Crippen LogP contribution in [0.2, 0.25) is 0 Å². The highest BCUT2D eigenvalue weighted by Gasteiger charge is 2.18. The van der Waals surface area contributed by atoms with Gasteiger partial charge in [-0.2, -0.15) is 0 Å². The summed E-state index contributed by atoms with van der Waals surface area (Å²) in [6.07, 6.45) is 1.88. The molecule has 0 aromatic heterocycles. The summed E-state index contributed by atoms with van der Waals surface area (Å²) in [5.41, 5.74) is 7.27. The van der Waals surface area contributed by atoms with E-state index in [1.807, 2.05) is 26.8 Å². The van der Waals surface area contributed by atoms with Crippen LogP contribution in [0.1, 0.15) is 39.2 Å². The van der Waals surface area contributed by atoms with Crippen LogP contribution in [0.25, 0.3) is 0 Å². The molecule has 0 heterocycles. The van der Waals surface area contributed by atoms with Crippen LogP contribution in [-0.2, 0) is 4.74 Å². The molecule has 20 heavy (non-hydrogen) atoms. The molecule has 3 N–H and O–H groups in total. The van der Waals surface area contributed by atoms with Crippen molar-refractivity contribution in [2.45, 2.75) is 39.2 Å². The highest BCUT2D eigenvalue weighted by atomic mass is 16.6. The van der Waals surface area contributed by atoms with E-state index in [1.165, 1.54) is 12.8 Å². The second kappa shape index (κ2) is 5.46. The molecule has 0 radical (unpaired) electrons. The number of hydrogen-bond acceptors (Lipinski definition) is 3. The highest BCUT2D eigenvalue weighted by Crippen LogP contribution is 2.28. The van der Waals surface area contributed by atoms with Crippen molar-refractivity contribution in [3.05, 3.63) is 23.8 Å². The zero-order chi connectivity index (χ0) is 14.8. The fourth-order valence-corrected chi connectivity index (χ4v) is 1.58. The van der Waals surface area contributed by atoms with Crippen LogP contribution >= 0.6 is 0 Å². The van der Waals surface area contributed by atoms with Gasteiger partial charge in [0.2, 0.25) is 0 Å². The predicted octanol–water partition coefficient (Wildman–Crippen LogP) is 3.38. The Hall–Kier alpha value is -2.15. The van der Waals surface area contributed by atoms with Crippen molar-refractivity contribution in [1.29, 1.82) is 0 Å². The van der Waals surface area contributed by atoms with E-state index in [9.17, 15) is 4.79 Å². The molecule has 0 unspecified atom stereocenters. The quantitative estimate of drug-likeness (QED) is 0.608. The van der Waals surface area contributed by atoms with E-state index in [1.54, 1.807) is 12.1 Å². The number of nitrogens with one attached hydrogen (secondary N) is 1. The highest BCUT2D eigenvalue weighted by molar-refractivity contribution is 5.89. The van der Waals surface area contributed by atoms with E-state index in [0.717, 1.165) is 5.56 Å². The summed E-state index contributed by atoms with van der Waals surface area (Å²) in [7, 11) is 0. The van der Waals surface area contributed by atoms with Gasteiger partial charge in [-0.05, 0) is 51.8 Å². The third kappa shape index (κ3) is 4.51. The van der Waals surface area contributed by atoms with E-state index in [-0.39, 0.29) is 0 Å². The van der Waals surface area contributed by atoms with Crippen LogP contribution in [0.15, 0.2) is 18.2 Å². The van der Waals surface area contributed by atoms with Gasteiger partial charge >= 0.3 is 6.09 Å². The minimum absolute atomic E-state index is 0.485. The van der Waals surface area contributed by atoms with Gasteiger partial charge in [0.05, 0.1) is 11.4 Å². The monoisotopic (exact) mass is 272 g/mol. The van der Waals surface area contributed by atoms with E-state index in [4.69, 9.17) is 10.5 Å². The summed E-state index contributed by atoms with van der Waals surface area (Å²) in [6.45, 7) is 5.44. The number of amides is 1. The number of ether oxygens (including phenoxy) is 1. The second-order valence-corrected chi connectivity index (χ2v) is 5.97. The average molecular weight is 272 g/mol. The van der Waals surface area contributed by atoms with Crippen LogP contribution in [0.3, 0.4) is 0 Å². The Morgan fingerprint density at radius 1 is 1.40 bits per heavy atom. The third-order valence-electron chi connectivity index (χ3n) is 2.69. The zero-order valence-corrected chi connectivity index (χ0v) is 12.1. The lowest BCUT2D eigenvalue weighted by Gasteiger charge is -2.20. The third-order valence-corrected chi connectivity index (χ3v) is 2.69. The van der Waals surface area contributed by atoms with E-state index in [2.05, 4.69) is 17.2 Å². The lowest BCUT2D eigenvalue weighted by atomic mass is 10.1. The van der Waals surface area contributed by atoms with E-state index in [0.29, 0.717) is 17.3 Å². The van der Waals surface area contributed by atoms with Gasteiger partial charge in [-0.3, -0.25) is 5.32 Å². The largest absolute Gasteiger partial charge is 0.444 e. The summed E-state index contributed by atoms with van der Waals surface area (Å²) in [6, 6.07) is 5.36. The molecule has 1 aromatic rings. The Labute approximate surface area is 119 Å². The van der Waals surface area contributed by atoms with Crippen LogP contribution in [0.5, 0.6) is 0 Å². The van der Waals surface area contributed by atoms with Crippen LogP contribution in [-0.4, -0.2) is 11.7 Å². The first-order valence-electron chi connectivity index (χ1n) is 6.74. The van der Waals surface area contributed by atoms with Gasteiger partial charge in [-0.15, -0.1) is 0 Å². The molecule has 0 atom stereocenters. The number of anilines is 2. The number of nitrogens with two attached hydrogens (primary N) is 1. The summed E-state index contributed by atoms with van der Waals surface area (Å²) in [5, 5.41) is 2.64. The molecule has 2 rings (SSSR count). The van der Waals surface area contributed by atoms with Gasteiger partial charge < -0.3 is 10.5 Å². The Balaban J connectivity index is 2.02. The molecule has 1 aliphatic rings. The molecule has 1 amide bonds. The summed E-state index contributed by atoms with van der Waals surface area (Å²) in [5.74, 6) is 6.82. The molecular weight excluding hydrogens is 252 g/mol. The molecule has 1 aliphatic carbocycles. The van der Waals surface area contributed by atoms with Crippen molar-refractivity contribution < 1.29 is 9.53 Å². The summed E-state index contributed by atoms with van der Waals surface area (Å²) >= 11 is 0. The first-order chi connectivity index (χ1) is 9.33. The molecular formula is C16H20N2O2. The van der Waals surface area contributed by atoms with Gasteiger partial charge in [-0.1, -0.05) is 11.8 Å². The molecule has 0 bridgehead atoms. The lowest BCUT2D eigenvalue weighted by molar-refractivity contribution is 0.0636. The van der Waals surface area contributed by atoms with Gasteiger partial charge in [0.25, 0.3) is 0 Å². The minimum atomic E-state index is -0.533. The van der Waals surface area contributed by atoms with Crippen molar-refractivity contribution in [3.63, 3.8) is 0 Å². The lowest BCUT2D eigenvalue weighted by Crippen LogP contribution is -2.27. The first kappa shape index (κ1) is 14.3. The number of benzene rings is 1. The summed E-state index contributed by atoms with van der Waals surface area (Å²) < 4.78 is 5.18. The molecule has 4 nitrogen and oxygen atoms in total. The number of nitrogen functional groups attached to an aromatic ring is 1. The molecule has 106 valence electrons. The first-order valence-corrected chi connectivity index (χ1v) is 6.74. The zero-order valence-electron chi connectivity index (χ0n) is 12.1. The fraction of sp³-hybridized carbons (Fsp3) is 0.438. The van der Waals surface area contributed by atoms with Gasteiger partial charge in [0.1, 0.15) is 5.60 Å². The standard InChI is InChI=1S/C16H20N2O2/c1-16(2,3)20-15(19)18-14-9-8-12(10-13(14)17)7-6-11-4-5-11/h8-11H,4-5,17H2,1-3H3,(H,18,19). The van der Waals surface area contributed by atoms with Crippen molar-refractivity contribution in [1.82, 2.24) is 0 Å². The summed E-state index contributed by atoms with van der Waals surface area (Å²) in [4.78, 5) is 11.7. The van der Waals surface area contributed by atoms with E-state index >= 15 is 0 Å². The molecule has 1 saturated carbocycles. The average Bonchev–Trinajstić information content (AvgIpc) is 3.11. The van der Waals surface area contributed by atoms with Crippen LogP contribution in [0, 0.1) is 17.8 Å². The Morgan fingerprint density at radius 2 is 2.10 bits per heavy atom. The maximum atomic E-state index is 11.7. The number of hydrogen-bond donors (Lipinski definition) is 2. The molecule has 0 saturated heterocycles. The van der Waals surface area contributed by atoms with Gasteiger partial charge in [0.15, 0.2) is 0 Å². The predicted molar refractivity (Wildman–Crippen MR) is 80.3 cm³/mol. The normalized spacial score (nSPS) is 14.2. The van der Waals surface area contributed by atoms with Crippen molar-refractivity contribution in [2.75, 3.05) is 11.1 Å². The molecule has 1 fully saturated rings. The van der Waals surface area contributed by atoms with Gasteiger partial charge in [0, 0.05) is 11.5 Å². The maximum absolute atomic E-state index is 11.7. The smallest absolute Gasteiger partial charge is 0.412 e. The van der Waals surface area contributed by atoms with Crippen LogP contribution < -0.4 is 11.1 Å². The SMILES string of the molecule is CC(C)(C)OC(=O)Nc1ccc(C#CC2CC2)cc1N. The topological polar surface area (TPSA) is 64.3 Å². The molecule has 0 spiro atoms. The number of carbonyl (C=O) groups is 1. The van der Waals surface area contributed by atoms with Crippen LogP contribution in [0.4, 0.5) is 16.2 Å². The molecule has 0 aliphatic heterocycles. The Bertz CT molecular complexity index is 572. The number of carbonyl (C=O) groups excluding carboxylic acids is 1.